The van der Waals surface area contributed by atoms with Crippen LogP contribution in [0.3, 0.4) is 0 Å². The summed E-state index contributed by atoms with van der Waals surface area (Å²) in [5.74, 6) is 0.756. The van der Waals surface area contributed by atoms with Crippen molar-refractivity contribution in [2.75, 3.05) is 37.7 Å². The number of rotatable bonds is 4. The highest BCUT2D eigenvalue weighted by Gasteiger charge is 2.27. The lowest BCUT2D eigenvalue weighted by Crippen LogP contribution is -2.47. The number of amides is 2. The molecule has 1 N–H and O–H groups in total. The predicted molar refractivity (Wildman–Crippen MR) is 99.2 cm³/mol. The molecule has 4 rings (SSSR count). The zero-order chi connectivity index (χ0) is 18.6. The van der Waals surface area contributed by atoms with Gasteiger partial charge in [-0.1, -0.05) is 0 Å². The van der Waals surface area contributed by atoms with E-state index in [2.05, 4.69) is 20.3 Å². The number of nitrogens with one attached hydrogen (secondary N) is 1. The molecule has 2 aliphatic heterocycles. The molecule has 9 nitrogen and oxygen atoms in total. The Morgan fingerprint density at radius 3 is 2.89 bits per heavy atom. The van der Waals surface area contributed by atoms with Gasteiger partial charge in [0.2, 0.25) is 5.95 Å². The van der Waals surface area contributed by atoms with Crippen LogP contribution >= 0.6 is 0 Å². The Balaban J connectivity index is 1.38. The number of hydrogen-bond acceptors (Lipinski definition) is 6. The van der Waals surface area contributed by atoms with E-state index in [0.717, 1.165) is 30.4 Å². The Morgan fingerprint density at radius 2 is 2.11 bits per heavy atom. The van der Waals surface area contributed by atoms with Crippen molar-refractivity contribution >= 4 is 12.0 Å². The summed E-state index contributed by atoms with van der Waals surface area (Å²) in [5.41, 5.74) is 1.79. The molecule has 2 aromatic heterocycles. The Kier molecular flexibility index (Phi) is 5.19. The molecule has 2 saturated heterocycles. The molecule has 4 heterocycles. The molecular weight excluding hydrogens is 346 g/mol. The number of ether oxygens (including phenoxy) is 1. The van der Waals surface area contributed by atoms with Gasteiger partial charge in [0.25, 0.3) is 0 Å². The van der Waals surface area contributed by atoms with Crippen molar-refractivity contribution in [1.29, 1.82) is 0 Å². The van der Waals surface area contributed by atoms with E-state index in [0.29, 0.717) is 26.2 Å². The summed E-state index contributed by atoms with van der Waals surface area (Å²) in [6.07, 6.45) is 5.63. The summed E-state index contributed by atoms with van der Waals surface area (Å²) in [6, 6.07) is 3.67. The lowest BCUT2D eigenvalue weighted by molar-refractivity contribution is -0.0176. The molecule has 0 unspecified atom stereocenters. The Hall–Kier alpha value is -2.68. The number of anilines is 1. The third-order valence-electron chi connectivity index (χ3n) is 5.08. The largest absolute Gasteiger partial charge is 0.368 e. The lowest BCUT2D eigenvalue weighted by atomic mass is 10.2. The van der Waals surface area contributed by atoms with E-state index in [1.165, 1.54) is 12.8 Å². The number of carbonyl (C=O) groups excluding carboxylic acids is 1. The molecule has 144 valence electrons. The third kappa shape index (κ3) is 4.02. The van der Waals surface area contributed by atoms with Crippen LogP contribution in [0.5, 0.6) is 0 Å². The summed E-state index contributed by atoms with van der Waals surface area (Å²) in [5, 5.41) is 7.07. The molecule has 2 fully saturated rings. The summed E-state index contributed by atoms with van der Waals surface area (Å²) < 4.78 is 7.64. The standard InChI is InChI=1S/C18H25N7O2/c1-23-14(4-7-21-23)12-20-18(26)25-10-11-27-16(13-25)15-5-6-19-17(22-15)24-8-2-3-9-24/h4-7,16H,2-3,8-13H2,1H3,(H,20,26)/t16-/m1/s1. The zero-order valence-electron chi connectivity index (χ0n) is 15.5. The van der Waals surface area contributed by atoms with E-state index in [1.807, 2.05) is 19.2 Å². The molecule has 0 aromatic carbocycles. The van der Waals surface area contributed by atoms with Crippen molar-refractivity contribution in [2.45, 2.75) is 25.5 Å². The van der Waals surface area contributed by atoms with Gasteiger partial charge in [-0.15, -0.1) is 0 Å². The molecular formula is C18H25N7O2. The van der Waals surface area contributed by atoms with E-state index >= 15 is 0 Å². The highest BCUT2D eigenvalue weighted by Crippen LogP contribution is 2.23. The second-order valence-corrected chi connectivity index (χ2v) is 6.89. The highest BCUT2D eigenvalue weighted by molar-refractivity contribution is 5.74. The van der Waals surface area contributed by atoms with Crippen LogP contribution in [-0.4, -0.2) is 63.5 Å². The summed E-state index contributed by atoms with van der Waals surface area (Å²) in [7, 11) is 1.86. The molecule has 2 aromatic rings. The van der Waals surface area contributed by atoms with Gasteiger partial charge in [-0.3, -0.25) is 4.68 Å². The van der Waals surface area contributed by atoms with Crippen LogP contribution in [0.1, 0.15) is 30.3 Å². The Morgan fingerprint density at radius 1 is 1.26 bits per heavy atom. The molecule has 1 atom stereocenters. The van der Waals surface area contributed by atoms with Gasteiger partial charge >= 0.3 is 6.03 Å². The fourth-order valence-electron chi connectivity index (χ4n) is 3.48. The summed E-state index contributed by atoms with van der Waals surface area (Å²) in [4.78, 5) is 25.6. The first-order valence-electron chi connectivity index (χ1n) is 9.40. The summed E-state index contributed by atoms with van der Waals surface area (Å²) >= 11 is 0. The minimum Gasteiger partial charge on any atom is -0.368 e. The number of nitrogens with zero attached hydrogens (tertiary/aromatic N) is 6. The highest BCUT2D eigenvalue weighted by atomic mass is 16.5. The Labute approximate surface area is 158 Å². The minimum atomic E-state index is -0.231. The van der Waals surface area contributed by atoms with Crippen molar-refractivity contribution < 1.29 is 9.53 Å². The number of morpholine rings is 1. The lowest BCUT2D eigenvalue weighted by Gasteiger charge is -2.32. The van der Waals surface area contributed by atoms with E-state index < -0.39 is 0 Å². The molecule has 0 bridgehead atoms. The average molecular weight is 371 g/mol. The fraction of sp³-hybridized carbons (Fsp3) is 0.556. The molecule has 9 heteroatoms. The van der Waals surface area contributed by atoms with E-state index in [-0.39, 0.29) is 12.1 Å². The van der Waals surface area contributed by atoms with Crippen LogP contribution in [0.25, 0.3) is 0 Å². The molecule has 0 radical (unpaired) electrons. The Bertz CT molecular complexity index is 788. The number of urea groups is 1. The average Bonchev–Trinajstić information content (AvgIpc) is 3.38. The van der Waals surface area contributed by atoms with Crippen molar-refractivity contribution in [3.63, 3.8) is 0 Å². The molecule has 0 spiro atoms. The number of aryl methyl sites for hydroxylation is 1. The van der Waals surface area contributed by atoms with Crippen LogP contribution in [0.15, 0.2) is 24.5 Å². The first-order chi connectivity index (χ1) is 13.2. The molecule has 2 aliphatic rings. The maximum atomic E-state index is 12.5. The SMILES string of the molecule is Cn1nccc1CNC(=O)N1CCO[C@@H](c2ccnc(N3CCCC3)n2)C1. The monoisotopic (exact) mass is 371 g/mol. The quantitative estimate of drug-likeness (QED) is 0.866. The first-order valence-corrected chi connectivity index (χ1v) is 9.40. The topological polar surface area (TPSA) is 88.4 Å². The fourth-order valence-corrected chi connectivity index (χ4v) is 3.48. The third-order valence-corrected chi connectivity index (χ3v) is 5.08. The van der Waals surface area contributed by atoms with Crippen LogP contribution in [0, 0.1) is 0 Å². The minimum absolute atomic E-state index is 0.0988. The zero-order valence-corrected chi connectivity index (χ0v) is 15.5. The van der Waals surface area contributed by atoms with E-state index in [4.69, 9.17) is 9.72 Å². The van der Waals surface area contributed by atoms with E-state index in [1.54, 1.807) is 22.0 Å². The smallest absolute Gasteiger partial charge is 0.317 e. The molecule has 0 saturated carbocycles. The van der Waals surface area contributed by atoms with Gasteiger partial charge in [0.1, 0.15) is 6.10 Å². The van der Waals surface area contributed by atoms with Gasteiger partial charge < -0.3 is 19.9 Å². The number of hydrogen-bond donors (Lipinski definition) is 1. The van der Waals surface area contributed by atoms with Gasteiger partial charge in [-0.2, -0.15) is 5.10 Å². The second-order valence-electron chi connectivity index (χ2n) is 6.89. The molecule has 2 amide bonds. The van der Waals surface area contributed by atoms with Gasteiger partial charge in [-0.25, -0.2) is 14.8 Å². The van der Waals surface area contributed by atoms with Crippen LogP contribution in [-0.2, 0) is 18.3 Å². The maximum Gasteiger partial charge on any atom is 0.317 e. The molecule has 27 heavy (non-hydrogen) atoms. The van der Waals surface area contributed by atoms with Crippen LogP contribution in [0.4, 0.5) is 10.7 Å². The van der Waals surface area contributed by atoms with Gasteiger partial charge in [0, 0.05) is 39.1 Å². The number of carbonyl (C=O) groups is 1. The van der Waals surface area contributed by atoms with Crippen molar-refractivity contribution in [1.82, 2.24) is 30.0 Å². The summed E-state index contributed by atoms with van der Waals surface area (Å²) in [6.45, 7) is 3.98. The van der Waals surface area contributed by atoms with Crippen LogP contribution < -0.4 is 10.2 Å². The van der Waals surface area contributed by atoms with Crippen molar-refractivity contribution in [2.24, 2.45) is 7.05 Å². The predicted octanol–water partition coefficient (Wildman–Crippen LogP) is 1.09. The van der Waals surface area contributed by atoms with Crippen LogP contribution in [0.2, 0.25) is 0 Å². The van der Waals surface area contributed by atoms with Gasteiger partial charge in [0.15, 0.2) is 0 Å². The maximum absolute atomic E-state index is 12.5. The first kappa shape index (κ1) is 17.7. The normalized spacial score (nSPS) is 20.1. The second kappa shape index (κ2) is 7.91. The molecule has 0 aliphatic carbocycles. The van der Waals surface area contributed by atoms with Crippen molar-refractivity contribution in [3.8, 4) is 0 Å². The van der Waals surface area contributed by atoms with E-state index in [9.17, 15) is 4.79 Å². The number of aromatic nitrogens is 4. The van der Waals surface area contributed by atoms with Gasteiger partial charge in [0.05, 0.1) is 31.1 Å². The van der Waals surface area contributed by atoms with Crippen molar-refractivity contribution in [3.05, 3.63) is 35.9 Å². The van der Waals surface area contributed by atoms with Gasteiger partial charge in [-0.05, 0) is 25.0 Å².